The van der Waals surface area contributed by atoms with Crippen LogP contribution in [0.2, 0.25) is 0 Å². The zero-order chi connectivity index (χ0) is 19.4. The molecule has 0 aliphatic carbocycles. The number of aromatic nitrogens is 2. The molecule has 0 spiro atoms. The third kappa shape index (κ3) is 4.09. The molecule has 0 aliphatic heterocycles. The number of hydrogen-bond donors (Lipinski definition) is 1. The van der Waals surface area contributed by atoms with E-state index < -0.39 is 5.97 Å². The molecule has 0 atom stereocenters. The maximum atomic E-state index is 13.0. The van der Waals surface area contributed by atoms with E-state index in [1.165, 1.54) is 7.11 Å². The maximum Gasteiger partial charge on any atom is 0.338 e. The molecule has 1 N–H and O–H groups in total. The average molecular weight is 446 g/mol. The van der Waals surface area contributed by atoms with Crippen molar-refractivity contribution in [3.8, 4) is 0 Å². The molecule has 0 aliphatic rings. The number of methoxy groups -OCH3 is 1. The number of ether oxygens (including phenoxy) is 1. The lowest BCUT2D eigenvalue weighted by Crippen LogP contribution is -2.28. The van der Waals surface area contributed by atoms with Crippen LogP contribution in [0.1, 0.15) is 40.5 Å². The lowest BCUT2D eigenvalue weighted by molar-refractivity contribution is 0.0596. The van der Waals surface area contributed by atoms with Gasteiger partial charge in [-0.05, 0) is 24.6 Å². The number of Topliss-reactive ketones (excluding diaryl/α,β-unsaturated/α-hetero) is 1. The number of nitrogens with zero attached hydrogens (tertiary/aromatic N) is 2. The molecular formula is C21H24BrN3O3. The molecule has 0 unspecified atom stereocenters. The van der Waals surface area contributed by atoms with Gasteiger partial charge in [-0.15, -0.1) is 17.0 Å². The third-order valence-corrected chi connectivity index (χ3v) is 4.64. The summed E-state index contributed by atoms with van der Waals surface area (Å²) in [6, 6.07) is 14.3. The number of hydrogen-bond acceptors (Lipinski definition) is 4. The highest BCUT2D eigenvalue weighted by atomic mass is 79.9. The molecule has 0 saturated heterocycles. The van der Waals surface area contributed by atoms with Crippen LogP contribution in [0, 0.1) is 5.41 Å². The molecule has 3 aromatic rings. The van der Waals surface area contributed by atoms with E-state index in [0.717, 1.165) is 30.4 Å². The monoisotopic (exact) mass is 445 g/mol. The van der Waals surface area contributed by atoms with Gasteiger partial charge in [-0.25, -0.2) is 4.79 Å². The number of rotatable bonds is 7. The normalized spacial score (nSPS) is 10.5. The van der Waals surface area contributed by atoms with Crippen molar-refractivity contribution in [1.82, 2.24) is 9.13 Å². The van der Waals surface area contributed by atoms with Crippen LogP contribution in [-0.2, 0) is 17.8 Å². The third-order valence-electron chi connectivity index (χ3n) is 4.64. The average Bonchev–Trinajstić information content (AvgIpc) is 2.97. The minimum atomic E-state index is -0.541. The van der Waals surface area contributed by atoms with Crippen molar-refractivity contribution in [3.05, 3.63) is 65.3 Å². The van der Waals surface area contributed by atoms with Crippen molar-refractivity contribution in [2.75, 3.05) is 7.11 Å². The van der Waals surface area contributed by atoms with Gasteiger partial charge in [0, 0.05) is 12.1 Å². The van der Waals surface area contributed by atoms with Crippen LogP contribution < -0.4 is 5.62 Å². The smallest absolute Gasteiger partial charge is 0.338 e. The Morgan fingerprint density at radius 3 is 2.14 bits per heavy atom. The zero-order valence-electron chi connectivity index (χ0n) is 16.0. The minimum Gasteiger partial charge on any atom is -0.465 e. The molecule has 0 bridgehead atoms. The molecule has 6 nitrogen and oxygen atoms in total. The van der Waals surface area contributed by atoms with E-state index in [0.29, 0.717) is 5.56 Å². The Hall–Kier alpha value is -2.67. The van der Waals surface area contributed by atoms with E-state index >= 15 is 0 Å². The second-order valence-electron chi connectivity index (χ2n) is 6.36. The van der Waals surface area contributed by atoms with Gasteiger partial charge in [0.05, 0.1) is 30.3 Å². The maximum absolute atomic E-state index is 13.0. The predicted molar refractivity (Wildman–Crippen MR) is 113 cm³/mol. The zero-order valence-corrected chi connectivity index (χ0v) is 17.7. The Kier molecular flexibility index (Phi) is 7.34. The summed E-state index contributed by atoms with van der Waals surface area (Å²) in [7, 11) is 1.29. The van der Waals surface area contributed by atoms with Crippen molar-refractivity contribution >= 4 is 39.8 Å². The fourth-order valence-electron chi connectivity index (χ4n) is 3.24. The second-order valence-corrected chi connectivity index (χ2v) is 6.36. The van der Waals surface area contributed by atoms with E-state index in [-0.39, 0.29) is 40.5 Å². The van der Waals surface area contributed by atoms with Gasteiger partial charge in [0.25, 0.3) is 0 Å². The Bertz CT molecular complexity index is 1050. The molecule has 0 amide bonds. The molecule has 0 radical (unpaired) electrons. The van der Waals surface area contributed by atoms with Crippen LogP contribution in [0.15, 0.2) is 48.5 Å². The Labute approximate surface area is 174 Å². The number of unbranched alkanes of at least 4 members (excludes halogenated alkanes) is 1. The summed E-state index contributed by atoms with van der Waals surface area (Å²) in [5.74, 6) is -0.770. The fraction of sp³-hybridized carbons (Fsp3) is 0.286. The van der Waals surface area contributed by atoms with Crippen molar-refractivity contribution in [1.29, 1.82) is 5.41 Å². The van der Waals surface area contributed by atoms with E-state index in [9.17, 15) is 9.59 Å². The number of imidazole rings is 1. The van der Waals surface area contributed by atoms with Crippen LogP contribution >= 0.6 is 17.0 Å². The topological polar surface area (TPSA) is 77.1 Å². The Morgan fingerprint density at radius 1 is 0.964 bits per heavy atom. The fourth-order valence-corrected chi connectivity index (χ4v) is 3.24. The summed E-state index contributed by atoms with van der Waals surface area (Å²) in [6.07, 6.45) is 1.99. The lowest BCUT2D eigenvalue weighted by Gasteiger charge is -2.08. The van der Waals surface area contributed by atoms with Crippen molar-refractivity contribution in [2.45, 2.75) is 32.9 Å². The van der Waals surface area contributed by atoms with Crippen LogP contribution in [0.3, 0.4) is 0 Å². The summed E-state index contributed by atoms with van der Waals surface area (Å²) in [5.41, 5.74) is 2.61. The first-order valence-corrected chi connectivity index (χ1v) is 9.01. The highest BCUT2D eigenvalue weighted by Crippen LogP contribution is 2.16. The molecule has 1 aromatic heterocycles. The summed E-state index contributed by atoms with van der Waals surface area (Å²) >= 11 is 0. The summed E-state index contributed by atoms with van der Waals surface area (Å²) in [4.78, 5) is 24.9. The SMILES string of the molecule is Br.CCCCn1c(=N)n(CC(=O)c2ccccc2C(=O)OC)c2ccccc21. The highest BCUT2D eigenvalue weighted by molar-refractivity contribution is 8.93. The Morgan fingerprint density at radius 2 is 1.54 bits per heavy atom. The van der Waals surface area contributed by atoms with Gasteiger partial charge in [0.1, 0.15) is 0 Å². The number of carbonyl (C=O) groups is 2. The highest BCUT2D eigenvalue weighted by Gasteiger charge is 2.19. The van der Waals surface area contributed by atoms with E-state index in [4.69, 9.17) is 10.1 Å². The minimum absolute atomic E-state index is 0. The molecule has 7 heteroatoms. The molecule has 28 heavy (non-hydrogen) atoms. The van der Waals surface area contributed by atoms with Gasteiger partial charge in [0.2, 0.25) is 5.62 Å². The number of ketones is 1. The summed E-state index contributed by atoms with van der Waals surface area (Å²) in [5, 5.41) is 8.57. The van der Waals surface area contributed by atoms with Gasteiger partial charge in [-0.1, -0.05) is 43.7 Å². The van der Waals surface area contributed by atoms with E-state index in [1.54, 1.807) is 28.8 Å². The van der Waals surface area contributed by atoms with Gasteiger partial charge in [-0.2, -0.15) is 0 Å². The number of fused-ring (bicyclic) bond motifs is 1. The van der Waals surface area contributed by atoms with Crippen LogP contribution in [-0.4, -0.2) is 28.0 Å². The number of carbonyl (C=O) groups excluding carboxylic acids is 2. The van der Waals surface area contributed by atoms with Gasteiger partial charge < -0.3 is 13.9 Å². The molecule has 0 fully saturated rings. The summed E-state index contributed by atoms with van der Waals surface area (Å²) < 4.78 is 8.41. The number of benzene rings is 2. The first kappa shape index (κ1) is 21.6. The standard InChI is InChI=1S/C21H23N3O3.BrH/c1-3-4-13-23-17-11-7-8-12-18(17)24(21(23)22)14-19(25)15-9-5-6-10-16(15)20(26)27-2;/h5-12,22H,3-4,13-14H2,1-2H3;1H. The number of nitrogens with one attached hydrogen (secondary N) is 1. The van der Waals surface area contributed by atoms with Gasteiger partial charge in [0.15, 0.2) is 5.78 Å². The first-order valence-electron chi connectivity index (χ1n) is 9.01. The lowest BCUT2D eigenvalue weighted by atomic mass is 10.0. The molecule has 1 heterocycles. The molecule has 3 rings (SSSR count). The predicted octanol–water partition coefficient (Wildman–Crippen LogP) is 3.97. The summed E-state index contributed by atoms with van der Waals surface area (Å²) in [6.45, 7) is 2.83. The largest absolute Gasteiger partial charge is 0.465 e. The second kappa shape index (κ2) is 9.50. The van der Waals surface area contributed by atoms with Crippen LogP contribution in [0.5, 0.6) is 0 Å². The van der Waals surface area contributed by atoms with Crippen LogP contribution in [0.4, 0.5) is 0 Å². The number of esters is 1. The first-order chi connectivity index (χ1) is 13.1. The molecule has 0 saturated carbocycles. The Balaban J connectivity index is 0.00000280. The van der Waals surface area contributed by atoms with Crippen molar-refractivity contribution < 1.29 is 14.3 Å². The van der Waals surface area contributed by atoms with E-state index in [1.807, 2.05) is 28.8 Å². The number of para-hydroxylation sites is 2. The number of aryl methyl sites for hydroxylation is 1. The van der Waals surface area contributed by atoms with Gasteiger partial charge >= 0.3 is 5.97 Å². The van der Waals surface area contributed by atoms with Gasteiger partial charge in [-0.3, -0.25) is 10.2 Å². The molecule has 148 valence electrons. The van der Waals surface area contributed by atoms with Crippen LogP contribution in [0.25, 0.3) is 11.0 Å². The van der Waals surface area contributed by atoms with Crippen molar-refractivity contribution in [3.63, 3.8) is 0 Å². The quantitative estimate of drug-likeness (QED) is 0.441. The number of halogens is 1. The van der Waals surface area contributed by atoms with E-state index in [2.05, 4.69) is 6.92 Å². The van der Waals surface area contributed by atoms with Crippen molar-refractivity contribution in [2.24, 2.45) is 0 Å². The molecular weight excluding hydrogens is 422 g/mol. The molecule has 2 aromatic carbocycles.